The Hall–Kier alpha value is -1.08. The summed E-state index contributed by atoms with van der Waals surface area (Å²) in [6.07, 6.45) is 0.871. The molecule has 0 bridgehead atoms. The summed E-state index contributed by atoms with van der Waals surface area (Å²) in [6, 6.07) is 3.06. The van der Waals surface area contributed by atoms with Crippen LogP contribution < -0.4 is 0 Å². The summed E-state index contributed by atoms with van der Waals surface area (Å²) >= 11 is 1.85. The Kier molecular flexibility index (Phi) is 8.87. The zero-order valence-electron chi connectivity index (χ0n) is 21.2. The van der Waals surface area contributed by atoms with E-state index in [1.165, 1.54) is 6.07 Å². The number of likely N-dealkylation sites (tertiary alicyclic amines) is 1. The van der Waals surface area contributed by atoms with Gasteiger partial charge in [-0.15, -0.1) is 11.2 Å². The molecule has 1 heterocycles. The van der Waals surface area contributed by atoms with Gasteiger partial charge in [0, 0.05) is 23.5 Å². The predicted molar refractivity (Wildman–Crippen MR) is 133 cm³/mol. The number of piperidine rings is 1. The van der Waals surface area contributed by atoms with Crippen molar-refractivity contribution in [3.05, 3.63) is 29.3 Å². The summed E-state index contributed by atoms with van der Waals surface area (Å²) in [7, 11) is -1.92. The van der Waals surface area contributed by atoms with Crippen LogP contribution in [0.4, 0.5) is 13.6 Å². The SMILES string of the molecule is CC(C)[Si](Sc1ccc(F)c(F)c1C1CCN(C(=O)OC(C)(C)C)CC1)(C(C)C)C(C)C. The van der Waals surface area contributed by atoms with Crippen molar-refractivity contribution in [1.82, 2.24) is 4.90 Å². The van der Waals surface area contributed by atoms with Crippen molar-refractivity contribution < 1.29 is 18.3 Å². The van der Waals surface area contributed by atoms with E-state index in [1.54, 1.807) is 11.0 Å². The van der Waals surface area contributed by atoms with E-state index >= 15 is 4.39 Å². The van der Waals surface area contributed by atoms with Crippen LogP contribution in [0, 0.1) is 11.6 Å². The average Bonchev–Trinajstić information content (AvgIpc) is 2.66. The van der Waals surface area contributed by atoms with Crippen molar-refractivity contribution >= 4 is 24.5 Å². The molecule has 1 amide bonds. The van der Waals surface area contributed by atoms with Gasteiger partial charge in [0.05, 0.1) is 0 Å². The fourth-order valence-corrected chi connectivity index (χ4v) is 14.6. The highest BCUT2D eigenvalue weighted by Crippen LogP contribution is 2.53. The van der Waals surface area contributed by atoms with Gasteiger partial charge in [0.2, 0.25) is 0 Å². The Morgan fingerprint density at radius 2 is 1.53 bits per heavy atom. The minimum atomic E-state index is -1.92. The number of hydrogen-bond donors (Lipinski definition) is 0. The molecule has 1 aromatic carbocycles. The first kappa shape index (κ1) is 27.2. The summed E-state index contributed by atoms with van der Waals surface area (Å²) < 4.78 is 35.1. The van der Waals surface area contributed by atoms with Gasteiger partial charge in [-0.1, -0.05) is 41.5 Å². The first-order valence-electron chi connectivity index (χ1n) is 11.9. The Morgan fingerprint density at radius 1 is 1.03 bits per heavy atom. The summed E-state index contributed by atoms with van der Waals surface area (Å²) in [5.41, 5.74) is 1.47. The summed E-state index contributed by atoms with van der Waals surface area (Å²) in [5, 5.41) is 0. The Bertz CT molecular complexity index is 778. The van der Waals surface area contributed by atoms with Gasteiger partial charge in [0.25, 0.3) is 0 Å². The van der Waals surface area contributed by atoms with Crippen molar-refractivity contribution in [1.29, 1.82) is 0 Å². The second-order valence-electron chi connectivity index (χ2n) is 10.9. The molecule has 182 valence electrons. The molecule has 0 spiro atoms. The van der Waals surface area contributed by atoms with Crippen molar-refractivity contribution in [3.63, 3.8) is 0 Å². The van der Waals surface area contributed by atoms with Gasteiger partial charge in [0.1, 0.15) is 12.8 Å². The number of ether oxygens (including phenoxy) is 1. The van der Waals surface area contributed by atoms with Crippen LogP contribution in [-0.2, 0) is 4.74 Å². The molecule has 0 aromatic heterocycles. The van der Waals surface area contributed by atoms with Crippen LogP contribution in [0.5, 0.6) is 0 Å². The van der Waals surface area contributed by atoms with Gasteiger partial charge in [-0.3, -0.25) is 0 Å². The maximum atomic E-state index is 15.2. The van der Waals surface area contributed by atoms with Crippen LogP contribution in [0.15, 0.2) is 17.0 Å². The number of benzene rings is 1. The number of amides is 1. The van der Waals surface area contributed by atoms with E-state index in [9.17, 15) is 9.18 Å². The maximum absolute atomic E-state index is 15.2. The van der Waals surface area contributed by atoms with Crippen LogP contribution in [0.3, 0.4) is 0 Å². The molecule has 1 aromatic rings. The monoisotopic (exact) mass is 485 g/mol. The molecule has 1 fully saturated rings. The van der Waals surface area contributed by atoms with E-state index in [1.807, 2.05) is 32.0 Å². The minimum absolute atomic E-state index is 0.106. The molecule has 3 nitrogen and oxygen atoms in total. The quantitative estimate of drug-likeness (QED) is 0.379. The first-order chi connectivity index (χ1) is 14.7. The third-order valence-corrected chi connectivity index (χ3v) is 18.9. The molecule has 7 heteroatoms. The Balaban J connectivity index is 2.34. The zero-order chi connectivity index (χ0) is 24.4. The molecule has 0 saturated carbocycles. The van der Waals surface area contributed by atoms with Gasteiger partial charge in [-0.25, -0.2) is 13.6 Å². The van der Waals surface area contributed by atoms with Crippen LogP contribution in [0.2, 0.25) is 16.6 Å². The standard InChI is InChI=1S/C25H41F2NO2SSi/c1-16(2)32(17(3)4,18(5)6)31-21-11-10-20(26)23(27)22(21)19-12-14-28(15-13-19)24(29)30-25(7,8)9/h10-11,16-19H,12-15H2,1-9H3. The van der Waals surface area contributed by atoms with Crippen molar-refractivity contribution in [2.75, 3.05) is 13.1 Å². The van der Waals surface area contributed by atoms with E-state index < -0.39 is 24.5 Å². The lowest BCUT2D eigenvalue weighted by Gasteiger charge is -2.43. The average molecular weight is 486 g/mol. The predicted octanol–water partition coefficient (Wildman–Crippen LogP) is 8.35. The molecule has 2 rings (SSSR count). The molecule has 0 radical (unpaired) electrons. The number of nitrogens with zero attached hydrogens (tertiary/aromatic N) is 1. The fourth-order valence-electron chi connectivity index (χ4n) is 5.24. The second kappa shape index (κ2) is 10.5. The number of carbonyl (C=O) groups excluding carboxylic acids is 1. The molecule has 32 heavy (non-hydrogen) atoms. The van der Waals surface area contributed by atoms with Gasteiger partial charge in [-0.2, -0.15) is 0 Å². The van der Waals surface area contributed by atoms with Gasteiger partial charge < -0.3 is 9.64 Å². The highest BCUT2D eigenvalue weighted by molar-refractivity contribution is 8.29. The van der Waals surface area contributed by atoms with Crippen LogP contribution in [0.25, 0.3) is 0 Å². The molecule has 0 unspecified atom stereocenters. The molecule has 0 N–H and O–H groups in total. The Labute approximate surface area is 198 Å². The highest BCUT2D eigenvalue weighted by Gasteiger charge is 2.45. The maximum Gasteiger partial charge on any atom is 0.410 e. The van der Waals surface area contributed by atoms with Crippen LogP contribution >= 0.6 is 11.2 Å². The van der Waals surface area contributed by atoms with Crippen molar-refractivity contribution in [2.45, 2.75) is 108 Å². The highest BCUT2D eigenvalue weighted by atomic mass is 32.4. The lowest BCUT2D eigenvalue weighted by Crippen LogP contribution is -2.42. The summed E-state index contributed by atoms with van der Waals surface area (Å²) in [5.74, 6) is -1.61. The number of carbonyl (C=O) groups is 1. The number of rotatable bonds is 6. The zero-order valence-corrected chi connectivity index (χ0v) is 23.0. The molecule has 1 aliphatic rings. The third kappa shape index (κ3) is 5.88. The lowest BCUT2D eigenvalue weighted by molar-refractivity contribution is 0.0203. The molecular weight excluding hydrogens is 444 g/mol. The van der Waals surface area contributed by atoms with Crippen LogP contribution in [0.1, 0.15) is 86.6 Å². The van der Waals surface area contributed by atoms with Crippen LogP contribution in [-0.4, -0.2) is 36.9 Å². The van der Waals surface area contributed by atoms with E-state index in [0.29, 0.717) is 48.1 Å². The Morgan fingerprint density at radius 3 is 1.97 bits per heavy atom. The van der Waals surface area contributed by atoms with Gasteiger partial charge >= 0.3 is 6.09 Å². The van der Waals surface area contributed by atoms with Gasteiger partial charge in [0.15, 0.2) is 11.6 Å². The molecule has 0 aliphatic carbocycles. The third-order valence-electron chi connectivity index (χ3n) is 6.64. The topological polar surface area (TPSA) is 29.5 Å². The van der Waals surface area contributed by atoms with Gasteiger partial charge in [-0.05, 0) is 68.3 Å². The fraction of sp³-hybridized carbons (Fsp3) is 0.720. The molecule has 1 aliphatic heterocycles. The number of halogens is 2. The number of hydrogen-bond acceptors (Lipinski definition) is 3. The minimum Gasteiger partial charge on any atom is -0.444 e. The van der Waals surface area contributed by atoms with E-state index in [2.05, 4.69) is 41.5 Å². The molecule has 0 atom stereocenters. The normalized spacial score (nSPS) is 16.4. The lowest BCUT2D eigenvalue weighted by atomic mass is 9.89. The summed E-state index contributed by atoms with van der Waals surface area (Å²) in [6.45, 7) is 20.2. The van der Waals surface area contributed by atoms with Crippen molar-refractivity contribution in [3.8, 4) is 0 Å². The molecule has 1 saturated heterocycles. The smallest absolute Gasteiger partial charge is 0.410 e. The van der Waals surface area contributed by atoms with E-state index in [-0.39, 0.29) is 12.0 Å². The first-order valence-corrected chi connectivity index (χ1v) is 15.6. The largest absolute Gasteiger partial charge is 0.444 e. The summed E-state index contributed by atoms with van der Waals surface area (Å²) in [4.78, 5) is 15.0. The second-order valence-corrected chi connectivity index (χ2v) is 19.5. The van der Waals surface area contributed by atoms with E-state index in [0.717, 1.165) is 4.90 Å². The van der Waals surface area contributed by atoms with Crippen molar-refractivity contribution in [2.24, 2.45) is 0 Å². The van der Waals surface area contributed by atoms with E-state index in [4.69, 9.17) is 4.74 Å². The molecular formula is C25H41F2NO2SSi.